The fourth-order valence-electron chi connectivity index (χ4n) is 1.81. The molecule has 3 heteroatoms. The number of carbonyl (C=O) groups excluding carboxylic acids is 1. The van der Waals surface area contributed by atoms with Gasteiger partial charge in [-0.2, -0.15) is 0 Å². The summed E-state index contributed by atoms with van der Waals surface area (Å²) >= 11 is 0. The van der Waals surface area contributed by atoms with E-state index in [1.165, 1.54) is 16.7 Å². The van der Waals surface area contributed by atoms with Crippen molar-refractivity contribution in [3.05, 3.63) is 27.8 Å². The van der Waals surface area contributed by atoms with Crippen molar-refractivity contribution in [1.82, 2.24) is 0 Å². The molecule has 1 atom stereocenters. The summed E-state index contributed by atoms with van der Waals surface area (Å²) in [6.07, 6.45) is 0. The van der Waals surface area contributed by atoms with Crippen molar-refractivity contribution in [2.24, 2.45) is 5.73 Å². The highest BCUT2D eigenvalue weighted by Crippen LogP contribution is 2.32. The molecule has 0 aliphatic heterocycles. The van der Waals surface area contributed by atoms with Gasteiger partial charge in [0.15, 0.2) is 0 Å². The van der Waals surface area contributed by atoms with E-state index in [2.05, 4.69) is 6.92 Å². The lowest BCUT2D eigenvalue weighted by molar-refractivity contribution is -0.135. The largest absolute Gasteiger partial charge is 0.425 e. The molecule has 94 valence electrons. The maximum Gasteiger partial charge on any atom is 0.328 e. The van der Waals surface area contributed by atoms with Crippen molar-refractivity contribution in [3.63, 3.8) is 0 Å². The van der Waals surface area contributed by atoms with Gasteiger partial charge in [-0.05, 0) is 69.4 Å². The Morgan fingerprint density at radius 1 is 0.941 bits per heavy atom. The van der Waals surface area contributed by atoms with Gasteiger partial charge in [0.25, 0.3) is 0 Å². The first-order valence-electron chi connectivity index (χ1n) is 5.81. The van der Waals surface area contributed by atoms with Crippen molar-refractivity contribution < 1.29 is 9.53 Å². The van der Waals surface area contributed by atoms with Crippen molar-refractivity contribution in [2.45, 2.75) is 47.6 Å². The van der Waals surface area contributed by atoms with Crippen LogP contribution in [0.5, 0.6) is 5.75 Å². The van der Waals surface area contributed by atoms with Crippen LogP contribution >= 0.6 is 0 Å². The molecule has 0 aliphatic rings. The number of carbonyl (C=O) groups is 1. The number of ether oxygens (including phenoxy) is 1. The van der Waals surface area contributed by atoms with Crippen LogP contribution in [0.15, 0.2) is 0 Å². The molecule has 1 aromatic carbocycles. The molecule has 0 heterocycles. The first-order chi connectivity index (χ1) is 7.77. The number of nitrogens with two attached hydrogens (primary N) is 1. The number of esters is 1. The number of hydrogen-bond acceptors (Lipinski definition) is 3. The molecule has 0 unspecified atom stereocenters. The van der Waals surface area contributed by atoms with Crippen LogP contribution in [0, 0.1) is 34.6 Å². The summed E-state index contributed by atoms with van der Waals surface area (Å²) in [5.74, 6) is 0.270. The zero-order valence-electron chi connectivity index (χ0n) is 11.5. The summed E-state index contributed by atoms with van der Waals surface area (Å²) in [5.41, 5.74) is 11.1. The fourth-order valence-corrected chi connectivity index (χ4v) is 1.81. The molecule has 1 aromatic rings. The Labute approximate surface area is 103 Å². The number of rotatable bonds is 2. The molecular formula is C14H21NO2. The number of hydrogen-bond donors (Lipinski definition) is 1. The quantitative estimate of drug-likeness (QED) is 0.633. The van der Waals surface area contributed by atoms with Crippen LogP contribution in [0.3, 0.4) is 0 Å². The summed E-state index contributed by atoms with van der Waals surface area (Å²) in [6.45, 7) is 11.7. The van der Waals surface area contributed by atoms with Crippen molar-refractivity contribution >= 4 is 5.97 Å². The van der Waals surface area contributed by atoms with Gasteiger partial charge in [-0.25, -0.2) is 4.79 Å². The summed E-state index contributed by atoms with van der Waals surface area (Å²) in [6, 6.07) is -0.601. The molecule has 0 spiro atoms. The van der Waals surface area contributed by atoms with Gasteiger partial charge in [0, 0.05) is 0 Å². The lowest BCUT2D eigenvalue weighted by Gasteiger charge is -2.18. The molecule has 0 amide bonds. The van der Waals surface area contributed by atoms with Crippen LogP contribution in [-0.2, 0) is 4.79 Å². The van der Waals surface area contributed by atoms with Gasteiger partial charge in [-0.3, -0.25) is 0 Å². The predicted molar refractivity (Wildman–Crippen MR) is 69.4 cm³/mol. The van der Waals surface area contributed by atoms with E-state index in [0.29, 0.717) is 5.75 Å². The lowest BCUT2D eigenvalue weighted by Crippen LogP contribution is -2.31. The van der Waals surface area contributed by atoms with E-state index in [0.717, 1.165) is 11.1 Å². The summed E-state index contributed by atoms with van der Waals surface area (Å²) < 4.78 is 5.39. The fraction of sp³-hybridized carbons (Fsp3) is 0.500. The molecular weight excluding hydrogens is 214 g/mol. The zero-order valence-corrected chi connectivity index (χ0v) is 11.5. The molecule has 3 nitrogen and oxygen atoms in total. The summed E-state index contributed by atoms with van der Waals surface area (Å²) in [4.78, 5) is 11.6. The third-order valence-corrected chi connectivity index (χ3v) is 3.51. The molecule has 0 bridgehead atoms. The minimum atomic E-state index is -0.601. The minimum Gasteiger partial charge on any atom is -0.425 e. The highest BCUT2D eigenvalue weighted by atomic mass is 16.5. The van der Waals surface area contributed by atoms with Crippen molar-refractivity contribution in [1.29, 1.82) is 0 Å². The lowest BCUT2D eigenvalue weighted by atomic mass is 9.94. The third kappa shape index (κ3) is 2.50. The van der Waals surface area contributed by atoms with Crippen LogP contribution in [-0.4, -0.2) is 12.0 Å². The van der Waals surface area contributed by atoms with E-state index in [4.69, 9.17) is 10.5 Å². The monoisotopic (exact) mass is 235 g/mol. The van der Waals surface area contributed by atoms with E-state index in [1.54, 1.807) is 6.92 Å². The van der Waals surface area contributed by atoms with Gasteiger partial charge in [-0.1, -0.05) is 0 Å². The normalized spacial score (nSPS) is 12.4. The average Bonchev–Trinajstić information content (AvgIpc) is 2.29. The number of benzene rings is 1. The Bertz CT molecular complexity index is 433. The molecule has 0 aliphatic carbocycles. The first kappa shape index (κ1) is 13.7. The Morgan fingerprint density at radius 2 is 1.29 bits per heavy atom. The molecule has 0 saturated carbocycles. The van der Waals surface area contributed by atoms with Crippen LogP contribution in [0.4, 0.5) is 0 Å². The van der Waals surface area contributed by atoms with Crippen LogP contribution < -0.4 is 10.5 Å². The van der Waals surface area contributed by atoms with Crippen molar-refractivity contribution in [2.75, 3.05) is 0 Å². The van der Waals surface area contributed by atoms with Gasteiger partial charge in [0.1, 0.15) is 11.8 Å². The predicted octanol–water partition coefficient (Wildman–Crippen LogP) is 2.48. The second-order valence-electron chi connectivity index (χ2n) is 4.66. The van der Waals surface area contributed by atoms with Gasteiger partial charge >= 0.3 is 5.97 Å². The Kier molecular flexibility index (Phi) is 3.94. The maximum atomic E-state index is 11.6. The second kappa shape index (κ2) is 4.88. The molecule has 17 heavy (non-hydrogen) atoms. The zero-order chi connectivity index (χ0) is 13.3. The van der Waals surface area contributed by atoms with Gasteiger partial charge in [-0.15, -0.1) is 0 Å². The molecule has 2 N–H and O–H groups in total. The maximum absolute atomic E-state index is 11.6. The van der Waals surface area contributed by atoms with E-state index in [9.17, 15) is 4.79 Å². The first-order valence-corrected chi connectivity index (χ1v) is 5.81. The second-order valence-corrected chi connectivity index (χ2v) is 4.66. The SMILES string of the molecule is Cc1c(C)c(C)c(OC(=O)[C@H](C)N)c(C)c1C. The van der Waals surface area contributed by atoms with Crippen LogP contribution in [0.2, 0.25) is 0 Å². The molecule has 0 fully saturated rings. The Hall–Kier alpha value is -1.35. The summed E-state index contributed by atoms with van der Waals surface area (Å²) in [7, 11) is 0. The third-order valence-electron chi connectivity index (χ3n) is 3.51. The standard InChI is InChI=1S/C14H21NO2/c1-7-8(2)10(4)13(11(5)9(7)3)17-14(16)12(6)15/h12H,15H2,1-6H3/t12-/m0/s1. The average molecular weight is 235 g/mol. The van der Waals surface area contributed by atoms with Gasteiger partial charge < -0.3 is 10.5 Å². The molecule has 1 rings (SSSR count). The van der Waals surface area contributed by atoms with E-state index < -0.39 is 6.04 Å². The summed E-state index contributed by atoms with van der Waals surface area (Å²) in [5, 5.41) is 0. The van der Waals surface area contributed by atoms with Gasteiger partial charge in [0.05, 0.1) is 0 Å². The smallest absolute Gasteiger partial charge is 0.328 e. The highest BCUT2D eigenvalue weighted by molar-refractivity contribution is 5.78. The van der Waals surface area contributed by atoms with Gasteiger partial charge in [0.2, 0.25) is 0 Å². The highest BCUT2D eigenvalue weighted by Gasteiger charge is 2.17. The Morgan fingerprint density at radius 3 is 1.65 bits per heavy atom. The van der Waals surface area contributed by atoms with Crippen LogP contribution in [0.25, 0.3) is 0 Å². The van der Waals surface area contributed by atoms with Crippen LogP contribution in [0.1, 0.15) is 34.7 Å². The minimum absolute atomic E-state index is 0.390. The van der Waals surface area contributed by atoms with E-state index in [1.807, 2.05) is 27.7 Å². The molecule has 0 radical (unpaired) electrons. The van der Waals surface area contributed by atoms with E-state index in [-0.39, 0.29) is 5.97 Å². The topological polar surface area (TPSA) is 52.3 Å². The van der Waals surface area contributed by atoms with E-state index >= 15 is 0 Å². The molecule has 0 saturated heterocycles. The Balaban J connectivity index is 3.30. The van der Waals surface area contributed by atoms with Crippen molar-refractivity contribution in [3.8, 4) is 5.75 Å². The molecule has 0 aromatic heterocycles.